The molecule has 0 aromatic carbocycles. The van der Waals surface area contributed by atoms with E-state index in [2.05, 4.69) is 12.2 Å². The van der Waals surface area contributed by atoms with Gasteiger partial charge in [-0.25, -0.2) is 0 Å². The maximum Gasteiger partial charge on any atom is 0.0704 e. The molecule has 1 aliphatic heterocycles. The van der Waals surface area contributed by atoms with Crippen molar-refractivity contribution in [2.45, 2.75) is 70.5 Å². The van der Waals surface area contributed by atoms with Crippen LogP contribution < -0.4 is 5.32 Å². The Morgan fingerprint density at radius 2 is 1.94 bits per heavy atom. The lowest BCUT2D eigenvalue weighted by atomic mass is 10.0. The van der Waals surface area contributed by atoms with Crippen LogP contribution in [0.25, 0.3) is 0 Å². The van der Waals surface area contributed by atoms with Gasteiger partial charge in [-0.3, -0.25) is 0 Å². The van der Waals surface area contributed by atoms with Gasteiger partial charge in [0.1, 0.15) is 0 Å². The summed E-state index contributed by atoms with van der Waals surface area (Å²) in [5.41, 5.74) is 0. The predicted molar refractivity (Wildman–Crippen MR) is 67.6 cm³/mol. The number of ether oxygens (including phenoxy) is 1. The molecular weight excluding hydrogens is 198 g/mol. The zero-order chi connectivity index (χ0) is 11.2. The van der Waals surface area contributed by atoms with Crippen LogP contribution in [0.2, 0.25) is 0 Å². The van der Waals surface area contributed by atoms with Crippen LogP contribution in [0.5, 0.6) is 0 Å². The second kappa shape index (κ2) is 6.61. The Bertz CT molecular complexity index is 189. The highest BCUT2D eigenvalue weighted by Crippen LogP contribution is 2.28. The first-order valence-corrected chi connectivity index (χ1v) is 7.21. The third-order valence-corrected chi connectivity index (χ3v) is 4.13. The van der Waals surface area contributed by atoms with E-state index in [-0.39, 0.29) is 0 Å². The monoisotopic (exact) mass is 225 g/mol. The van der Waals surface area contributed by atoms with Crippen molar-refractivity contribution in [3.63, 3.8) is 0 Å². The maximum atomic E-state index is 5.78. The van der Waals surface area contributed by atoms with Gasteiger partial charge in [0.25, 0.3) is 0 Å². The first-order chi connectivity index (χ1) is 7.84. The van der Waals surface area contributed by atoms with Crippen molar-refractivity contribution >= 4 is 0 Å². The molecule has 2 atom stereocenters. The van der Waals surface area contributed by atoms with E-state index < -0.39 is 0 Å². The Hall–Kier alpha value is -0.0800. The van der Waals surface area contributed by atoms with Crippen LogP contribution in [0.1, 0.15) is 58.3 Å². The highest BCUT2D eigenvalue weighted by atomic mass is 16.5. The van der Waals surface area contributed by atoms with Crippen LogP contribution in [0.3, 0.4) is 0 Å². The van der Waals surface area contributed by atoms with Gasteiger partial charge in [0.05, 0.1) is 12.2 Å². The Kier molecular flexibility index (Phi) is 5.11. The van der Waals surface area contributed by atoms with Crippen LogP contribution in [0.4, 0.5) is 0 Å². The summed E-state index contributed by atoms with van der Waals surface area (Å²) in [7, 11) is 0. The van der Waals surface area contributed by atoms with E-state index in [1.54, 1.807) is 0 Å². The van der Waals surface area contributed by atoms with E-state index >= 15 is 0 Å². The summed E-state index contributed by atoms with van der Waals surface area (Å²) in [5, 5.41) is 3.55. The summed E-state index contributed by atoms with van der Waals surface area (Å²) in [6, 6.07) is 0. The van der Waals surface area contributed by atoms with E-state index in [4.69, 9.17) is 4.74 Å². The molecule has 0 aromatic heterocycles. The molecule has 94 valence electrons. The fourth-order valence-electron chi connectivity index (χ4n) is 3.11. The fraction of sp³-hybridized carbons (Fsp3) is 1.00. The molecule has 0 radical (unpaired) electrons. The van der Waals surface area contributed by atoms with Crippen molar-refractivity contribution in [1.82, 2.24) is 5.32 Å². The average Bonchev–Trinajstić information content (AvgIpc) is 2.89. The van der Waals surface area contributed by atoms with E-state index in [0.717, 1.165) is 12.5 Å². The number of hydrogen-bond acceptors (Lipinski definition) is 2. The predicted octanol–water partition coefficient (Wildman–Crippen LogP) is 3.11. The Balaban J connectivity index is 1.43. The van der Waals surface area contributed by atoms with E-state index in [0.29, 0.717) is 12.2 Å². The summed E-state index contributed by atoms with van der Waals surface area (Å²) >= 11 is 0. The Morgan fingerprint density at radius 3 is 2.62 bits per heavy atom. The van der Waals surface area contributed by atoms with Crippen molar-refractivity contribution in [3.8, 4) is 0 Å². The smallest absolute Gasteiger partial charge is 0.0704 e. The fourth-order valence-corrected chi connectivity index (χ4v) is 3.11. The number of hydrogen-bond donors (Lipinski definition) is 1. The lowest BCUT2D eigenvalue weighted by molar-refractivity contribution is 0.0561. The van der Waals surface area contributed by atoms with Gasteiger partial charge in [0.2, 0.25) is 0 Å². The van der Waals surface area contributed by atoms with Crippen molar-refractivity contribution in [2.24, 2.45) is 5.92 Å². The van der Waals surface area contributed by atoms with Gasteiger partial charge in [-0.2, -0.15) is 0 Å². The van der Waals surface area contributed by atoms with Crippen LogP contribution in [0.15, 0.2) is 0 Å². The molecule has 0 bridgehead atoms. The number of nitrogens with one attached hydrogen (secondary N) is 1. The average molecular weight is 225 g/mol. The molecule has 16 heavy (non-hydrogen) atoms. The first kappa shape index (κ1) is 12.4. The van der Waals surface area contributed by atoms with Crippen LogP contribution in [-0.2, 0) is 4.74 Å². The molecule has 2 aliphatic rings. The quantitative estimate of drug-likeness (QED) is 0.701. The molecule has 0 amide bonds. The molecular formula is C14H27NO. The third kappa shape index (κ3) is 4.06. The van der Waals surface area contributed by atoms with E-state index in [1.165, 1.54) is 57.9 Å². The molecule has 2 nitrogen and oxygen atoms in total. The second-order valence-corrected chi connectivity index (χ2v) is 5.64. The first-order valence-electron chi connectivity index (χ1n) is 7.21. The third-order valence-electron chi connectivity index (χ3n) is 4.13. The maximum absolute atomic E-state index is 5.78. The largest absolute Gasteiger partial charge is 0.374 e. The van der Waals surface area contributed by atoms with Gasteiger partial charge in [-0.1, -0.05) is 25.7 Å². The molecule has 2 rings (SSSR count). The number of rotatable bonds is 6. The highest BCUT2D eigenvalue weighted by molar-refractivity contribution is 4.73. The van der Waals surface area contributed by atoms with Gasteiger partial charge < -0.3 is 10.1 Å². The molecule has 1 aliphatic carbocycles. The molecule has 2 heteroatoms. The van der Waals surface area contributed by atoms with Gasteiger partial charge in [-0.05, 0) is 45.1 Å². The van der Waals surface area contributed by atoms with Crippen molar-refractivity contribution in [2.75, 3.05) is 13.1 Å². The van der Waals surface area contributed by atoms with Crippen molar-refractivity contribution in [3.05, 3.63) is 0 Å². The summed E-state index contributed by atoms with van der Waals surface area (Å²) in [4.78, 5) is 0. The SMILES string of the molecule is CC1CCC(CNCCCC2CCCC2)O1. The van der Waals surface area contributed by atoms with Crippen molar-refractivity contribution < 1.29 is 4.74 Å². The van der Waals surface area contributed by atoms with Gasteiger partial charge in [0.15, 0.2) is 0 Å². The van der Waals surface area contributed by atoms with Crippen molar-refractivity contribution in [1.29, 1.82) is 0 Å². The minimum absolute atomic E-state index is 0.487. The topological polar surface area (TPSA) is 21.3 Å². The highest BCUT2D eigenvalue weighted by Gasteiger charge is 2.21. The summed E-state index contributed by atoms with van der Waals surface area (Å²) in [5.74, 6) is 1.05. The van der Waals surface area contributed by atoms with Crippen LogP contribution in [-0.4, -0.2) is 25.3 Å². The molecule has 1 saturated carbocycles. The zero-order valence-electron chi connectivity index (χ0n) is 10.7. The Labute approximate surface area is 100 Å². The molecule has 2 fully saturated rings. The molecule has 0 spiro atoms. The molecule has 0 aromatic rings. The van der Waals surface area contributed by atoms with Crippen LogP contribution >= 0.6 is 0 Å². The molecule has 2 unspecified atom stereocenters. The normalized spacial score (nSPS) is 31.3. The molecule has 1 saturated heterocycles. The zero-order valence-corrected chi connectivity index (χ0v) is 10.7. The molecule has 1 N–H and O–H groups in total. The molecule has 1 heterocycles. The summed E-state index contributed by atoms with van der Waals surface area (Å²) in [6.07, 6.45) is 12.2. The van der Waals surface area contributed by atoms with E-state index in [9.17, 15) is 0 Å². The minimum Gasteiger partial charge on any atom is -0.374 e. The summed E-state index contributed by atoms with van der Waals surface area (Å²) < 4.78 is 5.78. The van der Waals surface area contributed by atoms with Gasteiger partial charge in [-0.15, -0.1) is 0 Å². The lowest BCUT2D eigenvalue weighted by Crippen LogP contribution is -2.27. The van der Waals surface area contributed by atoms with Gasteiger partial charge in [0, 0.05) is 6.54 Å². The van der Waals surface area contributed by atoms with Gasteiger partial charge >= 0.3 is 0 Å². The van der Waals surface area contributed by atoms with Crippen LogP contribution in [0, 0.1) is 5.92 Å². The summed E-state index contributed by atoms with van der Waals surface area (Å²) in [6.45, 7) is 4.43. The van der Waals surface area contributed by atoms with E-state index in [1.807, 2.05) is 0 Å². The Morgan fingerprint density at radius 1 is 1.12 bits per heavy atom. The second-order valence-electron chi connectivity index (χ2n) is 5.64. The minimum atomic E-state index is 0.487. The standard InChI is InChI=1S/C14H27NO/c1-12-8-9-14(16-12)11-15-10-4-7-13-5-2-3-6-13/h12-15H,2-11H2,1H3. The lowest BCUT2D eigenvalue weighted by Gasteiger charge is -2.13.